The van der Waals surface area contributed by atoms with E-state index in [1.165, 1.54) is 18.5 Å². The van der Waals surface area contributed by atoms with Gasteiger partial charge in [0.2, 0.25) is 0 Å². The van der Waals surface area contributed by atoms with Crippen molar-refractivity contribution in [1.29, 1.82) is 0 Å². The highest BCUT2D eigenvalue weighted by molar-refractivity contribution is 7.92. The summed E-state index contributed by atoms with van der Waals surface area (Å²) in [5.41, 5.74) is 2.30. The van der Waals surface area contributed by atoms with Crippen molar-refractivity contribution in [3.63, 3.8) is 0 Å². The summed E-state index contributed by atoms with van der Waals surface area (Å²) >= 11 is 0. The Morgan fingerprint density at radius 1 is 0.886 bits per heavy atom. The van der Waals surface area contributed by atoms with Gasteiger partial charge >= 0.3 is 0 Å². The van der Waals surface area contributed by atoms with Crippen LogP contribution in [0.3, 0.4) is 0 Å². The average Bonchev–Trinajstić information content (AvgIpc) is 2.85. The van der Waals surface area contributed by atoms with Crippen molar-refractivity contribution in [2.24, 2.45) is 0 Å². The number of hydrogen-bond acceptors (Lipinski definition) is 7. The number of benzene rings is 2. The number of aromatic nitrogens is 3. The van der Waals surface area contributed by atoms with Gasteiger partial charge in [-0.3, -0.25) is 14.7 Å². The van der Waals surface area contributed by atoms with E-state index in [2.05, 4.69) is 31.5 Å². The molecule has 1 N–H and O–H groups in total. The molecule has 2 aromatic heterocycles. The second kappa shape index (κ2) is 9.16. The van der Waals surface area contributed by atoms with E-state index in [9.17, 15) is 17.2 Å². The lowest BCUT2D eigenvalue weighted by atomic mass is 10.1. The van der Waals surface area contributed by atoms with Crippen LogP contribution in [-0.4, -0.2) is 61.5 Å². The van der Waals surface area contributed by atoms with Gasteiger partial charge in [0, 0.05) is 50.2 Å². The van der Waals surface area contributed by atoms with Crippen molar-refractivity contribution in [3.05, 3.63) is 72.7 Å². The summed E-state index contributed by atoms with van der Waals surface area (Å²) in [7, 11) is -2.07. The van der Waals surface area contributed by atoms with Crippen LogP contribution in [-0.2, 0) is 10.0 Å². The molecule has 1 aliphatic heterocycles. The summed E-state index contributed by atoms with van der Waals surface area (Å²) in [6.45, 7) is 3.62. The number of anilines is 2. The quantitative estimate of drug-likeness (QED) is 0.452. The molecular formula is C24H22F2N6O2S. The van der Waals surface area contributed by atoms with Gasteiger partial charge in [0.05, 0.1) is 22.9 Å². The number of fused-ring (bicyclic) bond motifs is 1. The van der Waals surface area contributed by atoms with Crippen molar-refractivity contribution in [3.8, 4) is 11.1 Å². The van der Waals surface area contributed by atoms with Crippen LogP contribution in [0.25, 0.3) is 22.2 Å². The third kappa shape index (κ3) is 4.91. The molecule has 0 unspecified atom stereocenters. The first-order valence-corrected chi connectivity index (χ1v) is 12.4. The Morgan fingerprint density at radius 2 is 1.69 bits per heavy atom. The number of nitrogens with one attached hydrogen (secondary N) is 1. The van der Waals surface area contributed by atoms with E-state index in [4.69, 9.17) is 4.98 Å². The molecule has 180 valence electrons. The van der Waals surface area contributed by atoms with Crippen molar-refractivity contribution >= 4 is 32.6 Å². The molecule has 1 fully saturated rings. The number of pyridine rings is 1. The van der Waals surface area contributed by atoms with Crippen molar-refractivity contribution in [1.82, 2.24) is 19.9 Å². The van der Waals surface area contributed by atoms with Gasteiger partial charge in [-0.1, -0.05) is 6.07 Å². The molecule has 3 heterocycles. The van der Waals surface area contributed by atoms with Crippen LogP contribution >= 0.6 is 0 Å². The Bertz CT molecular complexity index is 1510. The van der Waals surface area contributed by atoms with Crippen molar-refractivity contribution in [2.45, 2.75) is 4.90 Å². The molecule has 5 rings (SSSR count). The van der Waals surface area contributed by atoms with Crippen LogP contribution in [0.1, 0.15) is 0 Å². The predicted molar refractivity (Wildman–Crippen MR) is 130 cm³/mol. The van der Waals surface area contributed by atoms with Gasteiger partial charge in [0.25, 0.3) is 10.0 Å². The van der Waals surface area contributed by atoms with Crippen LogP contribution in [0.2, 0.25) is 0 Å². The normalized spacial score (nSPS) is 14.9. The lowest BCUT2D eigenvalue weighted by Crippen LogP contribution is -2.44. The highest BCUT2D eigenvalue weighted by Crippen LogP contribution is 2.27. The maximum atomic E-state index is 14.0. The summed E-state index contributed by atoms with van der Waals surface area (Å²) in [6.07, 6.45) is 4.47. The smallest absolute Gasteiger partial charge is 0.263 e. The summed E-state index contributed by atoms with van der Waals surface area (Å²) in [5, 5.41) is 0. The number of nitrogens with zero attached hydrogens (tertiary/aromatic N) is 5. The molecule has 0 saturated carbocycles. The van der Waals surface area contributed by atoms with Gasteiger partial charge in [-0.05, 0) is 42.9 Å². The van der Waals surface area contributed by atoms with Crippen molar-refractivity contribution < 1.29 is 17.2 Å². The van der Waals surface area contributed by atoms with E-state index in [1.54, 1.807) is 6.20 Å². The number of hydrogen-bond donors (Lipinski definition) is 1. The molecule has 35 heavy (non-hydrogen) atoms. The van der Waals surface area contributed by atoms with E-state index in [-0.39, 0.29) is 10.6 Å². The van der Waals surface area contributed by atoms with Gasteiger partial charge in [-0.15, -0.1) is 0 Å². The zero-order valence-electron chi connectivity index (χ0n) is 18.8. The minimum absolute atomic E-state index is 0.156. The number of halogens is 2. The van der Waals surface area contributed by atoms with Crippen LogP contribution in [0.5, 0.6) is 0 Å². The Kier molecular flexibility index (Phi) is 6.03. The fraction of sp³-hybridized carbons (Fsp3) is 0.208. The fourth-order valence-electron chi connectivity index (χ4n) is 3.87. The molecule has 1 aliphatic rings. The SMILES string of the molecule is CN1CCN(c2cnc3ccc(-c4cncc(S(=O)(=O)Nc5ccc(F)cc5F)c4)cc3n2)CC1. The van der Waals surface area contributed by atoms with Crippen LogP contribution in [0.4, 0.5) is 20.3 Å². The largest absolute Gasteiger partial charge is 0.353 e. The lowest BCUT2D eigenvalue weighted by molar-refractivity contribution is 0.312. The minimum Gasteiger partial charge on any atom is -0.353 e. The molecule has 0 radical (unpaired) electrons. The third-order valence-corrected chi connectivity index (χ3v) is 7.22. The Morgan fingerprint density at radius 3 is 2.46 bits per heavy atom. The Labute approximate surface area is 201 Å². The first kappa shape index (κ1) is 23.1. The molecule has 4 aromatic rings. The van der Waals surface area contributed by atoms with Crippen molar-refractivity contribution in [2.75, 3.05) is 42.8 Å². The molecule has 2 aromatic carbocycles. The second-order valence-corrected chi connectivity index (χ2v) is 10.0. The highest BCUT2D eigenvalue weighted by Gasteiger charge is 2.19. The summed E-state index contributed by atoms with van der Waals surface area (Å²) in [6, 6.07) is 9.52. The summed E-state index contributed by atoms with van der Waals surface area (Å²) in [4.78, 5) is 17.7. The van der Waals surface area contributed by atoms with E-state index in [0.717, 1.165) is 49.6 Å². The second-order valence-electron chi connectivity index (χ2n) is 8.36. The lowest BCUT2D eigenvalue weighted by Gasteiger charge is -2.33. The van der Waals surface area contributed by atoms with Crippen LogP contribution in [0.15, 0.2) is 66.0 Å². The third-order valence-electron chi connectivity index (χ3n) is 5.89. The first-order chi connectivity index (χ1) is 16.8. The molecule has 0 bridgehead atoms. The van der Waals surface area contributed by atoms with Crippen LogP contribution < -0.4 is 9.62 Å². The highest BCUT2D eigenvalue weighted by atomic mass is 32.2. The molecular weight excluding hydrogens is 474 g/mol. The Hall–Kier alpha value is -3.70. The van der Waals surface area contributed by atoms with Gasteiger partial charge in [0.1, 0.15) is 22.3 Å². The molecule has 0 aliphatic carbocycles. The number of piperazine rings is 1. The molecule has 0 amide bonds. The van der Waals surface area contributed by atoms with Gasteiger partial charge in [-0.2, -0.15) is 0 Å². The maximum Gasteiger partial charge on any atom is 0.263 e. The topological polar surface area (TPSA) is 91.3 Å². The minimum atomic E-state index is -4.16. The van der Waals surface area contributed by atoms with E-state index in [1.807, 2.05) is 18.2 Å². The molecule has 8 nitrogen and oxygen atoms in total. The van der Waals surface area contributed by atoms with E-state index >= 15 is 0 Å². The molecule has 0 atom stereocenters. The number of sulfonamides is 1. The van der Waals surface area contributed by atoms with Gasteiger partial charge in [0.15, 0.2) is 0 Å². The van der Waals surface area contributed by atoms with Gasteiger partial charge < -0.3 is 9.80 Å². The summed E-state index contributed by atoms with van der Waals surface area (Å²) < 4.78 is 54.9. The maximum absolute atomic E-state index is 14.0. The zero-order valence-corrected chi connectivity index (χ0v) is 19.6. The first-order valence-electron chi connectivity index (χ1n) is 10.9. The van der Waals surface area contributed by atoms with Crippen LogP contribution in [0, 0.1) is 11.6 Å². The molecule has 0 spiro atoms. The Balaban J connectivity index is 1.44. The standard InChI is InChI=1S/C24H22F2N6O2S/c1-31-6-8-32(9-7-31)24-15-28-22-4-2-16(11-23(22)29-24)17-10-19(14-27-13-17)35(33,34)30-21-5-3-18(25)12-20(21)26/h2-5,10-15,30H,6-9H2,1H3. The van der Waals surface area contributed by atoms with Gasteiger partial charge in [-0.25, -0.2) is 22.2 Å². The average molecular weight is 497 g/mol. The predicted octanol–water partition coefficient (Wildman–Crippen LogP) is 3.52. The summed E-state index contributed by atoms with van der Waals surface area (Å²) in [5.74, 6) is -1.02. The van der Waals surface area contributed by atoms with E-state index in [0.29, 0.717) is 22.7 Å². The molecule has 11 heteroatoms. The fourth-order valence-corrected chi connectivity index (χ4v) is 4.92. The zero-order chi connectivity index (χ0) is 24.6. The van der Waals surface area contributed by atoms with E-state index < -0.39 is 21.7 Å². The number of rotatable bonds is 5. The monoisotopic (exact) mass is 496 g/mol. The molecule has 1 saturated heterocycles. The number of likely N-dealkylation sites (N-methyl/N-ethyl adjacent to an activating group) is 1.